The zero-order valence-corrected chi connectivity index (χ0v) is 14.0. The summed E-state index contributed by atoms with van der Waals surface area (Å²) in [5.74, 6) is 1.02. The molecule has 0 saturated heterocycles. The molecule has 0 aromatic heterocycles. The van der Waals surface area contributed by atoms with E-state index in [-0.39, 0.29) is 0 Å². The first kappa shape index (κ1) is 14.8. The fraction of sp³-hybridized carbons (Fsp3) is 1.00. The van der Waals surface area contributed by atoms with Crippen molar-refractivity contribution in [2.45, 2.75) is 72.3 Å². The lowest BCUT2D eigenvalue weighted by Gasteiger charge is -2.65. The number of hydrogen-bond acceptors (Lipinski definition) is 2. The summed E-state index contributed by atoms with van der Waals surface area (Å²) in [5.41, 5.74) is 1.94. The van der Waals surface area contributed by atoms with E-state index in [9.17, 15) is 0 Å². The summed E-state index contributed by atoms with van der Waals surface area (Å²) >= 11 is 0. The maximum atomic E-state index is 3.77. The first-order valence-electron chi connectivity index (χ1n) is 8.76. The second kappa shape index (κ2) is 4.98. The van der Waals surface area contributed by atoms with Crippen molar-refractivity contribution < 1.29 is 0 Å². The highest BCUT2D eigenvalue weighted by Gasteiger charge is 2.59. The van der Waals surface area contributed by atoms with Crippen molar-refractivity contribution in [3.8, 4) is 0 Å². The van der Waals surface area contributed by atoms with Crippen molar-refractivity contribution in [2.24, 2.45) is 22.2 Å². The second-order valence-corrected chi connectivity index (χ2v) is 9.42. The standard InChI is InChI=1S/C18H34N2/c1-14(2)20-6-5-19-13-18-9-15-7-16(3,11-18)10-17(4,8-15)12-18/h14-15,19-20H,5-13H2,1-4H3. The number of rotatable bonds is 6. The van der Waals surface area contributed by atoms with Crippen LogP contribution in [-0.4, -0.2) is 25.7 Å². The normalized spacial score (nSPS) is 46.4. The lowest BCUT2D eigenvalue weighted by molar-refractivity contribution is -0.143. The third-order valence-electron chi connectivity index (χ3n) is 6.10. The van der Waals surface area contributed by atoms with Gasteiger partial charge in [-0.1, -0.05) is 27.7 Å². The van der Waals surface area contributed by atoms with E-state index in [1.807, 2.05) is 0 Å². The molecule has 0 aliphatic heterocycles. The summed E-state index contributed by atoms with van der Waals surface area (Å²) in [7, 11) is 0. The van der Waals surface area contributed by atoms with Crippen LogP contribution in [0.2, 0.25) is 0 Å². The van der Waals surface area contributed by atoms with Gasteiger partial charge < -0.3 is 10.6 Å². The van der Waals surface area contributed by atoms with Gasteiger partial charge in [0.05, 0.1) is 0 Å². The Kier molecular flexibility index (Phi) is 3.70. The fourth-order valence-corrected chi connectivity index (χ4v) is 6.68. The Balaban J connectivity index is 1.56. The molecular formula is C18H34N2. The van der Waals surface area contributed by atoms with Crippen LogP contribution < -0.4 is 10.6 Å². The molecule has 4 aliphatic carbocycles. The average molecular weight is 278 g/mol. The van der Waals surface area contributed by atoms with Crippen LogP contribution in [0.4, 0.5) is 0 Å². The molecule has 2 N–H and O–H groups in total. The zero-order chi connectivity index (χ0) is 14.4. The predicted molar refractivity (Wildman–Crippen MR) is 85.8 cm³/mol. The SMILES string of the molecule is CC(C)NCCNCC12CC3CC(C)(CC(C)(C3)C1)C2. The molecule has 4 fully saturated rings. The third-order valence-corrected chi connectivity index (χ3v) is 6.10. The molecule has 2 atom stereocenters. The molecule has 20 heavy (non-hydrogen) atoms. The average Bonchev–Trinajstić information content (AvgIpc) is 2.22. The van der Waals surface area contributed by atoms with E-state index in [4.69, 9.17) is 0 Å². The molecule has 4 bridgehead atoms. The van der Waals surface area contributed by atoms with Gasteiger partial charge >= 0.3 is 0 Å². The molecule has 4 rings (SSSR count). The highest BCUT2D eigenvalue weighted by Crippen LogP contribution is 2.69. The van der Waals surface area contributed by atoms with E-state index in [2.05, 4.69) is 38.3 Å². The van der Waals surface area contributed by atoms with Gasteiger partial charge in [0.1, 0.15) is 0 Å². The maximum Gasteiger partial charge on any atom is 0.00790 e. The molecule has 0 radical (unpaired) electrons. The van der Waals surface area contributed by atoms with Gasteiger partial charge in [0.25, 0.3) is 0 Å². The van der Waals surface area contributed by atoms with Gasteiger partial charge in [-0.3, -0.25) is 0 Å². The summed E-state index contributed by atoms with van der Waals surface area (Å²) in [6.07, 6.45) is 8.99. The zero-order valence-electron chi connectivity index (χ0n) is 14.0. The minimum Gasteiger partial charge on any atom is -0.315 e. The Morgan fingerprint density at radius 1 is 0.950 bits per heavy atom. The third kappa shape index (κ3) is 2.92. The van der Waals surface area contributed by atoms with Crippen LogP contribution in [0.15, 0.2) is 0 Å². The van der Waals surface area contributed by atoms with Crippen molar-refractivity contribution in [1.29, 1.82) is 0 Å². The molecule has 2 nitrogen and oxygen atoms in total. The van der Waals surface area contributed by atoms with E-state index >= 15 is 0 Å². The Morgan fingerprint density at radius 2 is 1.60 bits per heavy atom. The summed E-state index contributed by atoms with van der Waals surface area (Å²) < 4.78 is 0. The first-order chi connectivity index (χ1) is 9.32. The van der Waals surface area contributed by atoms with Crippen molar-refractivity contribution in [3.05, 3.63) is 0 Å². The highest BCUT2D eigenvalue weighted by molar-refractivity contribution is 5.10. The van der Waals surface area contributed by atoms with Gasteiger partial charge in [-0.2, -0.15) is 0 Å². The summed E-state index contributed by atoms with van der Waals surface area (Å²) in [5, 5.41) is 7.28. The van der Waals surface area contributed by atoms with E-state index in [0.717, 1.165) is 19.0 Å². The monoisotopic (exact) mass is 278 g/mol. The van der Waals surface area contributed by atoms with Crippen molar-refractivity contribution >= 4 is 0 Å². The van der Waals surface area contributed by atoms with Crippen molar-refractivity contribution in [2.75, 3.05) is 19.6 Å². The summed E-state index contributed by atoms with van der Waals surface area (Å²) in [6, 6.07) is 0.606. The number of nitrogens with one attached hydrogen (secondary N) is 2. The first-order valence-corrected chi connectivity index (χ1v) is 8.76. The highest BCUT2D eigenvalue weighted by atomic mass is 15.0. The van der Waals surface area contributed by atoms with Crippen LogP contribution >= 0.6 is 0 Å². The predicted octanol–water partition coefficient (Wildman–Crippen LogP) is 3.57. The maximum absolute atomic E-state index is 3.77. The summed E-state index contributed by atoms with van der Waals surface area (Å²) in [6.45, 7) is 13.1. The van der Waals surface area contributed by atoms with Crippen LogP contribution in [0.1, 0.15) is 66.2 Å². The van der Waals surface area contributed by atoms with E-state index < -0.39 is 0 Å². The van der Waals surface area contributed by atoms with Gasteiger partial charge in [-0.05, 0) is 60.7 Å². The van der Waals surface area contributed by atoms with E-state index in [0.29, 0.717) is 22.3 Å². The van der Waals surface area contributed by atoms with Crippen molar-refractivity contribution in [1.82, 2.24) is 10.6 Å². The molecule has 2 heteroatoms. The van der Waals surface area contributed by atoms with Gasteiger partial charge in [-0.15, -0.1) is 0 Å². The van der Waals surface area contributed by atoms with Crippen LogP contribution in [0.3, 0.4) is 0 Å². The molecule has 4 aliphatic rings. The lowest BCUT2D eigenvalue weighted by atomic mass is 9.40. The molecule has 0 aromatic carbocycles. The van der Waals surface area contributed by atoms with Crippen LogP contribution in [0.5, 0.6) is 0 Å². The Labute approximate surface area is 125 Å². The molecule has 2 unspecified atom stereocenters. The van der Waals surface area contributed by atoms with Crippen LogP contribution in [-0.2, 0) is 0 Å². The van der Waals surface area contributed by atoms with E-state index in [1.165, 1.54) is 45.1 Å². The minimum absolute atomic E-state index is 0.606. The lowest BCUT2D eigenvalue weighted by Crippen LogP contribution is -2.58. The fourth-order valence-electron chi connectivity index (χ4n) is 6.68. The van der Waals surface area contributed by atoms with Gasteiger partial charge in [0, 0.05) is 25.7 Å². The largest absolute Gasteiger partial charge is 0.315 e. The van der Waals surface area contributed by atoms with Gasteiger partial charge in [0.15, 0.2) is 0 Å². The van der Waals surface area contributed by atoms with E-state index in [1.54, 1.807) is 0 Å². The minimum atomic E-state index is 0.606. The quantitative estimate of drug-likeness (QED) is 0.726. The molecule has 0 spiro atoms. The number of hydrogen-bond donors (Lipinski definition) is 2. The topological polar surface area (TPSA) is 24.1 Å². The Morgan fingerprint density at radius 3 is 2.15 bits per heavy atom. The Bertz CT molecular complexity index is 344. The van der Waals surface area contributed by atoms with Gasteiger partial charge in [0.2, 0.25) is 0 Å². The smallest absolute Gasteiger partial charge is 0.00790 e. The molecule has 0 amide bonds. The summed E-state index contributed by atoms with van der Waals surface area (Å²) in [4.78, 5) is 0. The Hall–Kier alpha value is -0.0800. The second-order valence-electron chi connectivity index (χ2n) is 9.42. The molecule has 4 saturated carbocycles. The molecule has 0 aromatic rings. The van der Waals surface area contributed by atoms with Crippen LogP contribution in [0, 0.1) is 22.2 Å². The van der Waals surface area contributed by atoms with Crippen LogP contribution in [0.25, 0.3) is 0 Å². The van der Waals surface area contributed by atoms with Gasteiger partial charge in [-0.25, -0.2) is 0 Å². The molecular weight excluding hydrogens is 244 g/mol. The molecule has 0 heterocycles. The van der Waals surface area contributed by atoms with Crippen molar-refractivity contribution in [3.63, 3.8) is 0 Å². The molecule has 116 valence electrons.